The molecule has 0 amide bonds. The van der Waals surface area contributed by atoms with Crippen molar-refractivity contribution in [1.29, 1.82) is 0 Å². The SMILES string of the molecule is COc1cccc(CN2CCCC(N(C)c3ccnc(N4CCOCC4)n3)C2)c1. The van der Waals surface area contributed by atoms with Crippen molar-refractivity contribution >= 4 is 11.8 Å². The van der Waals surface area contributed by atoms with Crippen LogP contribution in [-0.2, 0) is 11.3 Å². The number of nitrogens with zero attached hydrogens (tertiary/aromatic N) is 5. The summed E-state index contributed by atoms with van der Waals surface area (Å²) in [6, 6.07) is 10.8. The first-order chi connectivity index (χ1) is 14.2. The fourth-order valence-corrected chi connectivity index (χ4v) is 4.16. The van der Waals surface area contributed by atoms with E-state index in [0.717, 1.165) is 63.5 Å². The molecule has 0 radical (unpaired) electrons. The van der Waals surface area contributed by atoms with E-state index in [0.29, 0.717) is 6.04 Å². The van der Waals surface area contributed by atoms with Crippen LogP contribution in [0.2, 0.25) is 0 Å². The zero-order valence-electron chi connectivity index (χ0n) is 17.5. The van der Waals surface area contributed by atoms with E-state index in [2.05, 4.69) is 44.9 Å². The fourth-order valence-electron chi connectivity index (χ4n) is 4.16. The average Bonchev–Trinajstić information content (AvgIpc) is 2.79. The van der Waals surface area contributed by atoms with Gasteiger partial charge in [0.15, 0.2) is 0 Å². The van der Waals surface area contributed by atoms with Gasteiger partial charge in [-0.3, -0.25) is 4.90 Å². The van der Waals surface area contributed by atoms with Gasteiger partial charge >= 0.3 is 0 Å². The number of likely N-dealkylation sites (N-methyl/N-ethyl adjacent to an activating group) is 1. The molecule has 29 heavy (non-hydrogen) atoms. The molecule has 4 rings (SSSR count). The van der Waals surface area contributed by atoms with E-state index in [1.165, 1.54) is 18.4 Å². The van der Waals surface area contributed by atoms with Crippen LogP contribution in [-0.4, -0.2) is 74.5 Å². The zero-order valence-corrected chi connectivity index (χ0v) is 17.5. The van der Waals surface area contributed by atoms with Crippen LogP contribution in [0.1, 0.15) is 18.4 Å². The number of morpholine rings is 1. The summed E-state index contributed by atoms with van der Waals surface area (Å²) in [7, 11) is 3.88. The highest BCUT2D eigenvalue weighted by atomic mass is 16.5. The molecular formula is C22H31N5O2. The minimum absolute atomic E-state index is 0.446. The van der Waals surface area contributed by atoms with Crippen LogP contribution in [0.15, 0.2) is 36.5 Å². The molecule has 1 aromatic heterocycles. The van der Waals surface area contributed by atoms with Crippen LogP contribution in [0.3, 0.4) is 0 Å². The lowest BCUT2D eigenvalue weighted by atomic mass is 10.0. The van der Waals surface area contributed by atoms with Crippen LogP contribution in [0.4, 0.5) is 11.8 Å². The lowest BCUT2D eigenvalue weighted by Crippen LogP contribution is -2.46. The van der Waals surface area contributed by atoms with Gasteiger partial charge in [-0.1, -0.05) is 12.1 Å². The third kappa shape index (κ3) is 4.97. The summed E-state index contributed by atoms with van der Waals surface area (Å²) in [5.74, 6) is 2.72. The normalized spacial score (nSPS) is 20.5. The summed E-state index contributed by atoms with van der Waals surface area (Å²) in [6.07, 6.45) is 4.25. The largest absolute Gasteiger partial charge is 0.497 e. The topological polar surface area (TPSA) is 54.0 Å². The van der Waals surface area contributed by atoms with Crippen LogP contribution in [0.5, 0.6) is 5.75 Å². The first kappa shape index (κ1) is 19.9. The third-order valence-corrected chi connectivity index (χ3v) is 5.85. The molecule has 2 aromatic rings. The van der Waals surface area contributed by atoms with Crippen molar-refractivity contribution in [2.45, 2.75) is 25.4 Å². The number of likely N-dealkylation sites (tertiary alicyclic amines) is 1. The van der Waals surface area contributed by atoms with Gasteiger partial charge in [-0.2, -0.15) is 4.98 Å². The number of ether oxygens (including phenoxy) is 2. The van der Waals surface area contributed by atoms with Crippen LogP contribution >= 0.6 is 0 Å². The summed E-state index contributed by atoms with van der Waals surface area (Å²) in [4.78, 5) is 16.4. The fraction of sp³-hybridized carbons (Fsp3) is 0.545. The highest BCUT2D eigenvalue weighted by Gasteiger charge is 2.25. The molecule has 0 bridgehead atoms. The van der Waals surface area contributed by atoms with Gasteiger partial charge < -0.3 is 19.3 Å². The highest BCUT2D eigenvalue weighted by Crippen LogP contribution is 2.23. The number of hydrogen-bond acceptors (Lipinski definition) is 7. The quantitative estimate of drug-likeness (QED) is 0.742. The Bertz CT molecular complexity index is 796. The Hall–Kier alpha value is -2.38. The lowest BCUT2D eigenvalue weighted by molar-refractivity contribution is 0.122. The monoisotopic (exact) mass is 397 g/mol. The maximum Gasteiger partial charge on any atom is 0.227 e. The maximum absolute atomic E-state index is 5.45. The molecule has 0 saturated carbocycles. The number of piperidine rings is 1. The van der Waals surface area contributed by atoms with Crippen molar-refractivity contribution in [2.75, 3.05) is 63.4 Å². The molecule has 0 aliphatic carbocycles. The molecule has 156 valence electrons. The molecule has 1 atom stereocenters. The smallest absolute Gasteiger partial charge is 0.227 e. The van der Waals surface area contributed by atoms with Gasteiger partial charge in [0.25, 0.3) is 0 Å². The van der Waals surface area contributed by atoms with Gasteiger partial charge in [0.05, 0.1) is 20.3 Å². The van der Waals surface area contributed by atoms with Gasteiger partial charge in [-0.25, -0.2) is 4.98 Å². The van der Waals surface area contributed by atoms with Crippen molar-refractivity contribution in [2.24, 2.45) is 0 Å². The van der Waals surface area contributed by atoms with Gasteiger partial charge in [-0.05, 0) is 43.1 Å². The summed E-state index contributed by atoms with van der Waals surface area (Å²) in [5, 5.41) is 0. The molecule has 2 fully saturated rings. The second-order valence-corrected chi connectivity index (χ2v) is 7.81. The molecule has 0 N–H and O–H groups in total. The molecule has 2 aliphatic rings. The molecule has 7 heteroatoms. The molecule has 0 spiro atoms. The summed E-state index contributed by atoms with van der Waals surface area (Å²) in [6.45, 7) is 6.30. The summed E-state index contributed by atoms with van der Waals surface area (Å²) in [5.41, 5.74) is 1.30. The Morgan fingerprint density at radius 3 is 2.90 bits per heavy atom. The van der Waals surface area contributed by atoms with Gasteiger partial charge in [0.2, 0.25) is 5.95 Å². The number of hydrogen-bond donors (Lipinski definition) is 0. The predicted molar refractivity (Wildman–Crippen MR) is 115 cm³/mol. The number of aromatic nitrogens is 2. The first-order valence-corrected chi connectivity index (χ1v) is 10.5. The van der Waals surface area contributed by atoms with E-state index in [1.807, 2.05) is 18.3 Å². The van der Waals surface area contributed by atoms with Gasteiger partial charge in [0.1, 0.15) is 11.6 Å². The van der Waals surface area contributed by atoms with Gasteiger partial charge in [-0.15, -0.1) is 0 Å². The van der Waals surface area contributed by atoms with E-state index in [-0.39, 0.29) is 0 Å². The third-order valence-electron chi connectivity index (χ3n) is 5.85. The molecule has 2 saturated heterocycles. The molecule has 1 unspecified atom stereocenters. The van der Waals surface area contributed by atoms with Crippen molar-refractivity contribution in [1.82, 2.24) is 14.9 Å². The Balaban J connectivity index is 1.41. The van der Waals surface area contributed by atoms with Crippen molar-refractivity contribution < 1.29 is 9.47 Å². The minimum atomic E-state index is 0.446. The molecule has 7 nitrogen and oxygen atoms in total. The standard InChI is InChI=1S/C22H31N5O2/c1-25(21-8-9-23-22(24-21)27-11-13-29-14-12-27)19-6-4-10-26(17-19)16-18-5-3-7-20(15-18)28-2/h3,5,7-9,15,19H,4,6,10-14,16-17H2,1-2H3. The second kappa shape index (κ2) is 9.41. The van der Waals surface area contributed by atoms with Crippen LogP contribution < -0.4 is 14.5 Å². The first-order valence-electron chi connectivity index (χ1n) is 10.5. The van der Waals surface area contributed by atoms with Crippen LogP contribution in [0.25, 0.3) is 0 Å². The maximum atomic E-state index is 5.45. The Morgan fingerprint density at radius 1 is 1.21 bits per heavy atom. The Kier molecular flexibility index (Phi) is 6.46. The van der Waals surface area contributed by atoms with Gasteiger partial charge in [0, 0.05) is 45.5 Å². The molecular weight excluding hydrogens is 366 g/mol. The van der Waals surface area contributed by atoms with Crippen molar-refractivity contribution in [3.63, 3.8) is 0 Å². The Labute approximate surface area is 173 Å². The molecule has 3 heterocycles. The number of methoxy groups -OCH3 is 1. The van der Waals surface area contributed by atoms with E-state index in [4.69, 9.17) is 14.5 Å². The van der Waals surface area contributed by atoms with E-state index in [1.54, 1.807) is 7.11 Å². The van der Waals surface area contributed by atoms with Crippen LogP contribution in [0, 0.1) is 0 Å². The van der Waals surface area contributed by atoms with Crippen molar-refractivity contribution in [3.05, 3.63) is 42.1 Å². The number of anilines is 2. The second-order valence-electron chi connectivity index (χ2n) is 7.81. The highest BCUT2D eigenvalue weighted by molar-refractivity contribution is 5.44. The summed E-state index contributed by atoms with van der Waals surface area (Å²) >= 11 is 0. The van der Waals surface area contributed by atoms with E-state index in [9.17, 15) is 0 Å². The number of rotatable bonds is 6. The minimum Gasteiger partial charge on any atom is -0.497 e. The lowest BCUT2D eigenvalue weighted by Gasteiger charge is -2.38. The predicted octanol–water partition coefficient (Wildman–Crippen LogP) is 2.42. The molecule has 1 aromatic carbocycles. The Morgan fingerprint density at radius 2 is 2.07 bits per heavy atom. The van der Waals surface area contributed by atoms with Crippen molar-refractivity contribution in [3.8, 4) is 5.75 Å². The molecule has 2 aliphatic heterocycles. The average molecular weight is 398 g/mol. The zero-order chi connectivity index (χ0) is 20.1. The van der Waals surface area contributed by atoms with E-state index < -0.39 is 0 Å². The van der Waals surface area contributed by atoms with E-state index >= 15 is 0 Å². The summed E-state index contributed by atoms with van der Waals surface area (Å²) < 4.78 is 10.8. The number of benzene rings is 1.